The number of amides is 1. The fourth-order valence-corrected chi connectivity index (χ4v) is 2.84. The normalized spacial score (nSPS) is 17.7. The van der Waals surface area contributed by atoms with Gasteiger partial charge in [-0.05, 0) is 31.7 Å². The second-order valence-electron chi connectivity index (χ2n) is 6.54. The molecule has 5 heteroatoms. The summed E-state index contributed by atoms with van der Waals surface area (Å²) in [7, 11) is 2.02. The van der Waals surface area contributed by atoms with Gasteiger partial charge in [-0.1, -0.05) is 54.3 Å². The molecule has 0 aliphatic carbocycles. The molecule has 0 fully saturated rings. The van der Waals surface area contributed by atoms with E-state index < -0.39 is 6.10 Å². The van der Waals surface area contributed by atoms with E-state index in [1.54, 1.807) is 6.07 Å². The Hall–Kier alpha value is -2.97. The van der Waals surface area contributed by atoms with Crippen LogP contribution < -0.4 is 14.8 Å². The number of benzene rings is 2. The molecule has 0 bridgehead atoms. The van der Waals surface area contributed by atoms with E-state index in [2.05, 4.69) is 34.2 Å². The molecular weight excluding hydrogens is 340 g/mol. The lowest BCUT2D eigenvalue weighted by atomic mass is 10.1. The Morgan fingerprint density at radius 2 is 1.70 bits per heavy atom. The van der Waals surface area contributed by atoms with Crippen molar-refractivity contribution in [1.82, 2.24) is 10.2 Å². The number of hydrogen-bond acceptors (Lipinski definition) is 4. The van der Waals surface area contributed by atoms with Gasteiger partial charge in [-0.25, -0.2) is 0 Å². The molecule has 0 saturated carbocycles. The standard InChI is InChI=1S/C22H24N2O3/c1-17-21(27-20-13-7-6-12-19(20)26-17)22(25)23-14-8-9-15-24(2)16-18-10-4-3-5-11-18/h3-7,10-13,17,21H,14-16H2,1-2H3,(H,23,25). The minimum atomic E-state index is -0.678. The molecule has 2 aromatic rings. The van der Waals surface area contributed by atoms with Crippen LogP contribution in [0.15, 0.2) is 54.6 Å². The molecule has 27 heavy (non-hydrogen) atoms. The number of rotatable bonds is 5. The number of nitrogens with one attached hydrogen (secondary N) is 1. The van der Waals surface area contributed by atoms with Crippen LogP contribution in [-0.2, 0) is 11.3 Å². The molecule has 2 unspecified atom stereocenters. The maximum Gasteiger partial charge on any atom is 0.265 e. The summed E-state index contributed by atoms with van der Waals surface area (Å²) in [5, 5.41) is 2.80. The summed E-state index contributed by atoms with van der Waals surface area (Å²) in [6.07, 6.45) is -1.03. The molecular formula is C22H24N2O3. The largest absolute Gasteiger partial charge is 0.482 e. The molecule has 0 aromatic heterocycles. The number of nitrogens with zero attached hydrogens (tertiary/aromatic N) is 1. The smallest absolute Gasteiger partial charge is 0.265 e. The van der Waals surface area contributed by atoms with Gasteiger partial charge >= 0.3 is 0 Å². The monoisotopic (exact) mass is 364 g/mol. The Balaban J connectivity index is 1.43. The summed E-state index contributed by atoms with van der Waals surface area (Å²) >= 11 is 0. The lowest BCUT2D eigenvalue weighted by Gasteiger charge is -2.30. The van der Waals surface area contributed by atoms with Crippen molar-refractivity contribution in [3.05, 3.63) is 60.2 Å². The van der Waals surface area contributed by atoms with Crippen LogP contribution >= 0.6 is 0 Å². The lowest BCUT2D eigenvalue weighted by molar-refractivity contribution is -0.133. The Labute approximate surface area is 160 Å². The van der Waals surface area contributed by atoms with E-state index in [0.29, 0.717) is 18.0 Å². The first-order chi connectivity index (χ1) is 13.1. The lowest BCUT2D eigenvalue weighted by Crippen LogP contribution is -2.49. The van der Waals surface area contributed by atoms with Gasteiger partial charge in [0, 0.05) is 6.54 Å². The zero-order valence-corrected chi connectivity index (χ0v) is 15.6. The van der Waals surface area contributed by atoms with E-state index in [0.717, 1.165) is 6.54 Å². The molecule has 2 aromatic carbocycles. The molecule has 0 saturated heterocycles. The van der Waals surface area contributed by atoms with Crippen molar-refractivity contribution in [2.75, 3.05) is 20.1 Å². The summed E-state index contributed by atoms with van der Waals surface area (Å²) in [6.45, 7) is 3.58. The minimum absolute atomic E-state index is 0.219. The molecule has 1 aliphatic heterocycles. The van der Waals surface area contributed by atoms with Gasteiger partial charge in [0.1, 0.15) is 6.10 Å². The van der Waals surface area contributed by atoms with Gasteiger partial charge in [0.25, 0.3) is 5.91 Å². The van der Waals surface area contributed by atoms with Crippen molar-refractivity contribution in [3.8, 4) is 23.3 Å². The van der Waals surface area contributed by atoms with E-state index in [9.17, 15) is 4.79 Å². The minimum Gasteiger partial charge on any atom is -0.482 e. The second kappa shape index (κ2) is 9.11. The van der Waals surface area contributed by atoms with Crippen LogP contribution in [0.5, 0.6) is 11.5 Å². The van der Waals surface area contributed by atoms with Gasteiger partial charge in [0.2, 0.25) is 6.10 Å². The molecule has 2 atom stereocenters. The second-order valence-corrected chi connectivity index (χ2v) is 6.54. The van der Waals surface area contributed by atoms with E-state index in [-0.39, 0.29) is 18.6 Å². The van der Waals surface area contributed by atoms with Gasteiger partial charge in [-0.15, -0.1) is 0 Å². The van der Waals surface area contributed by atoms with Crippen LogP contribution in [0, 0.1) is 11.8 Å². The maximum absolute atomic E-state index is 12.4. The van der Waals surface area contributed by atoms with Crippen molar-refractivity contribution in [2.45, 2.75) is 25.7 Å². The molecule has 140 valence electrons. The highest BCUT2D eigenvalue weighted by Gasteiger charge is 2.33. The van der Waals surface area contributed by atoms with E-state index >= 15 is 0 Å². The van der Waals surface area contributed by atoms with Crippen LogP contribution in [0.3, 0.4) is 0 Å². The molecule has 1 amide bonds. The predicted octanol–water partition coefficient (Wildman–Crippen LogP) is 2.47. The van der Waals surface area contributed by atoms with Crippen LogP contribution in [0.25, 0.3) is 0 Å². The molecule has 0 spiro atoms. The number of carbonyl (C=O) groups excluding carboxylic acids is 1. The molecule has 0 radical (unpaired) electrons. The van der Waals surface area contributed by atoms with Crippen molar-refractivity contribution in [1.29, 1.82) is 0 Å². The van der Waals surface area contributed by atoms with Gasteiger partial charge in [0.05, 0.1) is 13.1 Å². The summed E-state index contributed by atoms with van der Waals surface area (Å²) < 4.78 is 11.5. The quantitative estimate of drug-likeness (QED) is 0.828. The van der Waals surface area contributed by atoms with Gasteiger partial charge < -0.3 is 14.8 Å². The average Bonchev–Trinajstić information content (AvgIpc) is 2.67. The Morgan fingerprint density at radius 3 is 2.44 bits per heavy atom. The van der Waals surface area contributed by atoms with Crippen molar-refractivity contribution in [3.63, 3.8) is 0 Å². The van der Waals surface area contributed by atoms with Gasteiger partial charge in [0.15, 0.2) is 11.5 Å². The molecule has 1 heterocycles. The average molecular weight is 364 g/mol. The molecule has 3 rings (SSSR count). The maximum atomic E-state index is 12.4. The Morgan fingerprint density at radius 1 is 1.04 bits per heavy atom. The molecule has 5 nitrogen and oxygen atoms in total. The molecule has 1 aliphatic rings. The highest BCUT2D eigenvalue weighted by Crippen LogP contribution is 2.33. The van der Waals surface area contributed by atoms with E-state index in [1.165, 1.54) is 5.56 Å². The van der Waals surface area contributed by atoms with E-state index in [1.807, 2.05) is 50.4 Å². The SMILES string of the molecule is CC1Oc2ccccc2OC1C(=O)NCC#CCN(C)Cc1ccccc1. The summed E-state index contributed by atoms with van der Waals surface area (Å²) in [6, 6.07) is 17.6. The van der Waals surface area contributed by atoms with Gasteiger partial charge in [-0.2, -0.15) is 0 Å². The Kier molecular flexibility index (Phi) is 6.35. The number of para-hydroxylation sites is 2. The topological polar surface area (TPSA) is 50.8 Å². The number of fused-ring (bicyclic) bond motifs is 1. The molecule has 1 N–H and O–H groups in total. The summed E-state index contributed by atoms with van der Waals surface area (Å²) in [5.41, 5.74) is 1.25. The van der Waals surface area contributed by atoms with Crippen molar-refractivity contribution < 1.29 is 14.3 Å². The third kappa shape index (κ3) is 5.25. The first-order valence-electron chi connectivity index (χ1n) is 9.02. The van der Waals surface area contributed by atoms with Crippen LogP contribution in [-0.4, -0.2) is 43.2 Å². The van der Waals surface area contributed by atoms with Crippen LogP contribution in [0.4, 0.5) is 0 Å². The zero-order valence-electron chi connectivity index (χ0n) is 15.6. The van der Waals surface area contributed by atoms with E-state index in [4.69, 9.17) is 9.47 Å². The number of ether oxygens (including phenoxy) is 2. The number of hydrogen-bond donors (Lipinski definition) is 1. The zero-order chi connectivity index (χ0) is 19.1. The van der Waals surface area contributed by atoms with Gasteiger partial charge in [-0.3, -0.25) is 9.69 Å². The highest BCUT2D eigenvalue weighted by atomic mass is 16.6. The van der Waals surface area contributed by atoms with Crippen molar-refractivity contribution in [2.24, 2.45) is 0 Å². The fourth-order valence-electron chi connectivity index (χ4n) is 2.84. The van der Waals surface area contributed by atoms with Crippen molar-refractivity contribution >= 4 is 5.91 Å². The van der Waals surface area contributed by atoms with Crippen LogP contribution in [0.1, 0.15) is 12.5 Å². The summed E-state index contributed by atoms with van der Waals surface area (Å²) in [5.74, 6) is 7.10. The first kappa shape index (κ1) is 18.8. The summed E-state index contributed by atoms with van der Waals surface area (Å²) in [4.78, 5) is 14.5. The Bertz CT molecular complexity index is 826. The third-order valence-electron chi connectivity index (χ3n) is 4.22. The number of carbonyl (C=O) groups is 1. The fraction of sp³-hybridized carbons (Fsp3) is 0.318. The highest BCUT2D eigenvalue weighted by molar-refractivity contribution is 5.82. The predicted molar refractivity (Wildman–Crippen MR) is 105 cm³/mol. The third-order valence-corrected chi connectivity index (χ3v) is 4.22. The van der Waals surface area contributed by atoms with Crippen LogP contribution in [0.2, 0.25) is 0 Å². The first-order valence-corrected chi connectivity index (χ1v) is 9.02.